The molecular formula is C22H24N4O2. The first-order chi connectivity index (χ1) is 13.6. The molecular weight excluding hydrogens is 352 g/mol. The minimum absolute atomic E-state index is 0.200. The molecule has 1 fully saturated rings. The third-order valence-electron chi connectivity index (χ3n) is 5.36. The largest absolute Gasteiger partial charge is 0.348 e. The van der Waals surface area contributed by atoms with Gasteiger partial charge in [0.05, 0.1) is 5.52 Å². The van der Waals surface area contributed by atoms with Crippen LogP contribution in [0.3, 0.4) is 0 Å². The Morgan fingerprint density at radius 3 is 2.61 bits per heavy atom. The molecule has 0 radical (unpaired) electrons. The van der Waals surface area contributed by atoms with Gasteiger partial charge in [0, 0.05) is 18.8 Å². The van der Waals surface area contributed by atoms with E-state index < -0.39 is 0 Å². The average Bonchev–Trinajstić information content (AvgIpc) is 3.35. The van der Waals surface area contributed by atoms with Crippen molar-refractivity contribution in [2.45, 2.75) is 45.2 Å². The molecule has 3 aromatic rings. The summed E-state index contributed by atoms with van der Waals surface area (Å²) in [7, 11) is 0. The Hall–Kier alpha value is -3.15. The molecule has 6 nitrogen and oxygen atoms in total. The van der Waals surface area contributed by atoms with E-state index in [2.05, 4.69) is 15.6 Å². The third-order valence-corrected chi connectivity index (χ3v) is 5.36. The van der Waals surface area contributed by atoms with Gasteiger partial charge in [0.2, 0.25) is 5.82 Å². The lowest BCUT2D eigenvalue weighted by Crippen LogP contribution is -2.33. The Balaban J connectivity index is 1.57. The van der Waals surface area contributed by atoms with Crippen LogP contribution in [-0.2, 0) is 6.54 Å². The lowest BCUT2D eigenvalue weighted by Gasteiger charge is -2.10. The van der Waals surface area contributed by atoms with Crippen molar-refractivity contribution in [3.63, 3.8) is 0 Å². The maximum Gasteiger partial charge on any atom is 0.287 e. The molecule has 6 heteroatoms. The van der Waals surface area contributed by atoms with E-state index in [1.807, 2.05) is 49.4 Å². The summed E-state index contributed by atoms with van der Waals surface area (Å²) in [5, 5.41) is 5.98. The molecule has 28 heavy (non-hydrogen) atoms. The Labute approximate surface area is 164 Å². The van der Waals surface area contributed by atoms with Gasteiger partial charge in [-0.25, -0.2) is 4.98 Å². The minimum atomic E-state index is -0.302. The predicted octanol–water partition coefficient (Wildman–Crippen LogP) is 3.25. The number of nitrogens with zero attached hydrogens (tertiary/aromatic N) is 2. The van der Waals surface area contributed by atoms with E-state index in [0.29, 0.717) is 17.8 Å². The number of rotatable bonds is 5. The summed E-state index contributed by atoms with van der Waals surface area (Å²) in [6.07, 6.45) is 6.04. The van der Waals surface area contributed by atoms with E-state index >= 15 is 0 Å². The molecule has 4 rings (SSSR count). The molecule has 0 unspecified atom stereocenters. The normalized spacial score (nSPS) is 14.3. The van der Waals surface area contributed by atoms with Gasteiger partial charge in [-0.1, -0.05) is 43.2 Å². The molecule has 0 atom stereocenters. The quantitative estimate of drug-likeness (QED) is 0.718. The van der Waals surface area contributed by atoms with Crippen LogP contribution in [0.5, 0.6) is 0 Å². The van der Waals surface area contributed by atoms with Gasteiger partial charge < -0.3 is 10.6 Å². The summed E-state index contributed by atoms with van der Waals surface area (Å²) in [5.74, 6) is -0.293. The van der Waals surface area contributed by atoms with Crippen molar-refractivity contribution in [2.24, 2.45) is 0 Å². The molecule has 0 spiro atoms. The zero-order chi connectivity index (χ0) is 19.5. The van der Waals surface area contributed by atoms with E-state index in [-0.39, 0.29) is 23.7 Å². The molecule has 0 bridgehead atoms. The Bertz CT molecular complexity index is 1020. The van der Waals surface area contributed by atoms with Crippen molar-refractivity contribution >= 4 is 17.3 Å². The summed E-state index contributed by atoms with van der Waals surface area (Å²) < 4.78 is 1.68. The fourth-order valence-corrected chi connectivity index (χ4v) is 3.75. The Morgan fingerprint density at radius 2 is 1.82 bits per heavy atom. The summed E-state index contributed by atoms with van der Waals surface area (Å²) in [6, 6.07) is 13.6. The molecule has 0 saturated heterocycles. The van der Waals surface area contributed by atoms with E-state index in [1.54, 1.807) is 10.6 Å². The Kier molecular flexibility index (Phi) is 5.10. The topological polar surface area (TPSA) is 75.5 Å². The number of benzene rings is 1. The van der Waals surface area contributed by atoms with Crippen LogP contribution in [-0.4, -0.2) is 27.2 Å². The summed E-state index contributed by atoms with van der Waals surface area (Å²) in [5.41, 5.74) is 3.11. The number of imidazole rings is 1. The standard InChI is InChI=1S/C22H24N4O2/c1-15-8-2-3-9-16(15)14-23-22(28)20-25-19(18-12-6-7-13-26(18)20)21(27)24-17-10-4-5-11-17/h2-3,6-9,12-13,17H,4-5,10-11,14H2,1H3,(H,23,28)(H,24,27). The van der Waals surface area contributed by atoms with Crippen LogP contribution >= 0.6 is 0 Å². The van der Waals surface area contributed by atoms with Crippen LogP contribution in [0.1, 0.15) is 57.9 Å². The highest BCUT2D eigenvalue weighted by atomic mass is 16.2. The molecule has 2 heterocycles. The molecule has 144 valence electrons. The number of amides is 2. The van der Waals surface area contributed by atoms with Gasteiger partial charge in [0.1, 0.15) is 0 Å². The van der Waals surface area contributed by atoms with Crippen LogP contribution in [0.4, 0.5) is 0 Å². The second kappa shape index (κ2) is 7.84. The number of nitrogens with one attached hydrogen (secondary N) is 2. The number of carbonyl (C=O) groups excluding carboxylic acids is 2. The van der Waals surface area contributed by atoms with Gasteiger partial charge in [-0.3, -0.25) is 14.0 Å². The molecule has 0 aliphatic heterocycles. The lowest BCUT2D eigenvalue weighted by atomic mass is 10.1. The van der Waals surface area contributed by atoms with E-state index in [9.17, 15) is 9.59 Å². The highest BCUT2D eigenvalue weighted by Gasteiger charge is 2.24. The first kappa shape index (κ1) is 18.2. The van der Waals surface area contributed by atoms with Gasteiger partial charge >= 0.3 is 0 Å². The van der Waals surface area contributed by atoms with Crippen molar-refractivity contribution in [3.8, 4) is 0 Å². The maximum absolute atomic E-state index is 12.8. The number of pyridine rings is 1. The van der Waals surface area contributed by atoms with Crippen LogP contribution < -0.4 is 10.6 Å². The molecule has 2 amide bonds. The van der Waals surface area contributed by atoms with Crippen LogP contribution in [0.2, 0.25) is 0 Å². The van der Waals surface area contributed by atoms with Gasteiger partial charge in [0.15, 0.2) is 5.69 Å². The number of aryl methyl sites for hydroxylation is 1. The smallest absolute Gasteiger partial charge is 0.287 e. The highest BCUT2D eigenvalue weighted by Crippen LogP contribution is 2.19. The van der Waals surface area contributed by atoms with E-state index in [1.165, 1.54) is 0 Å². The summed E-state index contributed by atoms with van der Waals surface area (Å²) in [4.78, 5) is 30.0. The van der Waals surface area contributed by atoms with Crippen molar-refractivity contribution in [2.75, 3.05) is 0 Å². The number of hydrogen-bond donors (Lipinski definition) is 2. The van der Waals surface area contributed by atoms with E-state index in [4.69, 9.17) is 0 Å². The fraction of sp³-hybridized carbons (Fsp3) is 0.318. The SMILES string of the molecule is Cc1ccccc1CNC(=O)c1nc(C(=O)NC2CCCC2)c2ccccn12. The monoisotopic (exact) mass is 376 g/mol. The summed E-state index contributed by atoms with van der Waals surface area (Å²) in [6.45, 7) is 2.43. The number of fused-ring (bicyclic) bond motifs is 1. The molecule has 1 aromatic carbocycles. The van der Waals surface area contributed by atoms with Crippen molar-refractivity contribution < 1.29 is 9.59 Å². The number of aromatic nitrogens is 2. The van der Waals surface area contributed by atoms with Crippen molar-refractivity contribution in [3.05, 3.63) is 71.3 Å². The third kappa shape index (κ3) is 3.63. The van der Waals surface area contributed by atoms with Crippen LogP contribution in [0, 0.1) is 6.92 Å². The van der Waals surface area contributed by atoms with Gasteiger partial charge in [-0.2, -0.15) is 0 Å². The number of hydrogen-bond acceptors (Lipinski definition) is 3. The zero-order valence-corrected chi connectivity index (χ0v) is 15.9. The second-order valence-electron chi connectivity index (χ2n) is 7.30. The first-order valence-electron chi connectivity index (χ1n) is 9.74. The zero-order valence-electron chi connectivity index (χ0n) is 15.9. The highest BCUT2D eigenvalue weighted by molar-refractivity contribution is 6.02. The lowest BCUT2D eigenvalue weighted by molar-refractivity contribution is 0.0935. The van der Waals surface area contributed by atoms with E-state index in [0.717, 1.165) is 36.8 Å². The van der Waals surface area contributed by atoms with Crippen LogP contribution in [0.15, 0.2) is 48.7 Å². The number of carbonyl (C=O) groups is 2. The molecule has 1 aliphatic rings. The molecule has 1 aliphatic carbocycles. The summed E-state index contributed by atoms with van der Waals surface area (Å²) >= 11 is 0. The minimum Gasteiger partial charge on any atom is -0.348 e. The van der Waals surface area contributed by atoms with Gasteiger partial charge in [0.25, 0.3) is 11.8 Å². The average molecular weight is 376 g/mol. The van der Waals surface area contributed by atoms with Crippen molar-refractivity contribution in [1.29, 1.82) is 0 Å². The van der Waals surface area contributed by atoms with Gasteiger partial charge in [-0.05, 0) is 43.0 Å². The van der Waals surface area contributed by atoms with Gasteiger partial charge in [-0.15, -0.1) is 0 Å². The predicted molar refractivity (Wildman–Crippen MR) is 107 cm³/mol. The first-order valence-corrected chi connectivity index (χ1v) is 9.74. The second-order valence-corrected chi connectivity index (χ2v) is 7.30. The molecule has 2 N–H and O–H groups in total. The Morgan fingerprint density at radius 1 is 1.07 bits per heavy atom. The van der Waals surface area contributed by atoms with Crippen LogP contribution in [0.25, 0.3) is 5.52 Å². The maximum atomic E-state index is 12.8. The molecule has 2 aromatic heterocycles. The fourth-order valence-electron chi connectivity index (χ4n) is 3.75. The molecule has 1 saturated carbocycles. The van der Waals surface area contributed by atoms with Crippen molar-refractivity contribution in [1.82, 2.24) is 20.0 Å².